The first-order valence-corrected chi connectivity index (χ1v) is 10.5. The molecule has 0 spiro atoms. The van der Waals surface area contributed by atoms with Crippen molar-refractivity contribution in [3.05, 3.63) is 77.9 Å². The van der Waals surface area contributed by atoms with E-state index in [1.807, 2.05) is 30.3 Å². The van der Waals surface area contributed by atoms with Crippen LogP contribution in [0.3, 0.4) is 0 Å². The van der Waals surface area contributed by atoms with Gasteiger partial charge >= 0.3 is 0 Å². The van der Waals surface area contributed by atoms with Crippen LogP contribution in [-0.4, -0.2) is 55.5 Å². The Kier molecular flexibility index (Phi) is 8.44. The van der Waals surface area contributed by atoms with E-state index in [0.29, 0.717) is 13.1 Å². The minimum Gasteiger partial charge on any atom is -0.496 e. The topological polar surface area (TPSA) is 56.8 Å². The first-order chi connectivity index (χ1) is 14.7. The molecule has 2 aromatic rings. The summed E-state index contributed by atoms with van der Waals surface area (Å²) < 4.78 is 5.55. The maximum absolute atomic E-state index is 12.3. The van der Waals surface area contributed by atoms with Crippen LogP contribution < -0.4 is 15.6 Å². The van der Waals surface area contributed by atoms with Crippen LogP contribution in [0.1, 0.15) is 16.7 Å². The van der Waals surface area contributed by atoms with Gasteiger partial charge in [-0.25, -0.2) is 5.43 Å². The van der Waals surface area contributed by atoms with Gasteiger partial charge in [-0.15, -0.1) is 6.58 Å². The highest BCUT2D eigenvalue weighted by Crippen LogP contribution is 2.24. The number of rotatable bonds is 10. The van der Waals surface area contributed by atoms with Gasteiger partial charge in [0.15, 0.2) is 0 Å². The predicted molar refractivity (Wildman–Crippen MR) is 120 cm³/mol. The number of hydrogen-bond donors (Lipinski definition) is 2. The fourth-order valence-electron chi connectivity index (χ4n) is 3.78. The van der Waals surface area contributed by atoms with Crippen LogP contribution in [0.2, 0.25) is 0 Å². The van der Waals surface area contributed by atoms with Gasteiger partial charge < -0.3 is 4.74 Å². The fraction of sp³-hybridized carbons (Fsp3) is 0.375. The average Bonchev–Trinajstić information content (AvgIpc) is 2.76. The van der Waals surface area contributed by atoms with Crippen LogP contribution >= 0.6 is 0 Å². The average molecular weight is 409 g/mol. The molecule has 0 atom stereocenters. The number of benzene rings is 2. The van der Waals surface area contributed by atoms with Crippen molar-refractivity contribution in [1.82, 2.24) is 20.7 Å². The zero-order valence-corrected chi connectivity index (χ0v) is 17.8. The van der Waals surface area contributed by atoms with Gasteiger partial charge in [0.05, 0.1) is 13.7 Å². The van der Waals surface area contributed by atoms with Crippen molar-refractivity contribution >= 4 is 5.91 Å². The molecule has 3 rings (SSSR count). The summed E-state index contributed by atoms with van der Waals surface area (Å²) >= 11 is 0. The smallest absolute Gasteiger partial charge is 0.248 e. The summed E-state index contributed by atoms with van der Waals surface area (Å²) in [6.45, 7) is 9.42. The standard InChI is InChI=1S/C24H32N4O2/c1-3-8-21-11-7-12-22(24(21)30-2)17-25-26-23(29)19-28-15-13-27(14-16-28)18-20-9-5-4-6-10-20/h3-7,9-12,25H,1,8,13-19H2,2H3,(H,26,29). The summed E-state index contributed by atoms with van der Waals surface area (Å²) in [7, 11) is 1.67. The second kappa shape index (κ2) is 11.5. The molecule has 0 aliphatic carbocycles. The molecular weight excluding hydrogens is 376 g/mol. The molecule has 1 aliphatic heterocycles. The lowest BCUT2D eigenvalue weighted by Gasteiger charge is -2.34. The zero-order valence-electron chi connectivity index (χ0n) is 17.8. The van der Waals surface area contributed by atoms with Crippen LogP contribution in [0.25, 0.3) is 0 Å². The summed E-state index contributed by atoms with van der Waals surface area (Å²) in [6, 6.07) is 16.5. The molecule has 2 N–H and O–H groups in total. The summed E-state index contributed by atoms with van der Waals surface area (Å²) in [5.41, 5.74) is 9.28. The van der Waals surface area contributed by atoms with Crippen LogP contribution in [0, 0.1) is 0 Å². The van der Waals surface area contributed by atoms with Crippen molar-refractivity contribution in [2.45, 2.75) is 19.5 Å². The predicted octanol–water partition coefficient (Wildman–Crippen LogP) is 2.36. The van der Waals surface area contributed by atoms with E-state index in [1.165, 1.54) is 5.56 Å². The molecule has 30 heavy (non-hydrogen) atoms. The number of amides is 1. The first-order valence-electron chi connectivity index (χ1n) is 10.5. The van der Waals surface area contributed by atoms with Gasteiger partial charge in [-0.1, -0.05) is 54.6 Å². The number of ether oxygens (including phenoxy) is 1. The van der Waals surface area contributed by atoms with Gasteiger partial charge in [0.25, 0.3) is 0 Å². The van der Waals surface area contributed by atoms with E-state index in [1.54, 1.807) is 7.11 Å². The van der Waals surface area contributed by atoms with Gasteiger partial charge in [0.1, 0.15) is 5.75 Å². The summed E-state index contributed by atoms with van der Waals surface area (Å²) in [5, 5.41) is 0. The van der Waals surface area contributed by atoms with Crippen molar-refractivity contribution < 1.29 is 9.53 Å². The summed E-state index contributed by atoms with van der Waals surface area (Å²) in [6.07, 6.45) is 2.61. The van der Waals surface area contributed by atoms with E-state index in [4.69, 9.17) is 4.74 Å². The molecule has 1 saturated heterocycles. The lowest BCUT2D eigenvalue weighted by atomic mass is 10.1. The maximum Gasteiger partial charge on any atom is 0.248 e. The first kappa shape index (κ1) is 22.0. The second-order valence-corrected chi connectivity index (χ2v) is 7.54. The Hall–Kier alpha value is -2.67. The molecule has 6 nitrogen and oxygen atoms in total. The highest BCUT2D eigenvalue weighted by atomic mass is 16.5. The minimum absolute atomic E-state index is 0.0206. The largest absolute Gasteiger partial charge is 0.496 e. The fourth-order valence-corrected chi connectivity index (χ4v) is 3.78. The van der Waals surface area contributed by atoms with Gasteiger partial charge in [-0.2, -0.15) is 0 Å². The molecule has 1 amide bonds. The number of hydrogen-bond acceptors (Lipinski definition) is 5. The maximum atomic E-state index is 12.3. The Bertz CT molecular complexity index is 817. The molecular formula is C24H32N4O2. The third-order valence-corrected chi connectivity index (χ3v) is 5.33. The number of hydrazine groups is 1. The van der Waals surface area contributed by atoms with E-state index in [9.17, 15) is 4.79 Å². The number of nitrogens with one attached hydrogen (secondary N) is 2. The van der Waals surface area contributed by atoms with Gasteiger partial charge in [-0.3, -0.25) is 20.0 Å². The van der Waals surface area contributed by atoms with Crippen LogP contribution in [-0.2, 0) is 24.3 Å². The summed E-state index contributed by atoms with van der Waals surface area (Å²) in [5.74, 6) is 0.821. The molecule has 1 heterocycles. The molecule has 0 saturated carbocycles. The number of carbonyl (C=O) groups is 1. The van der Waals surface area contributed by atoms with Gasteiger partial charge in [-0.05, 0) is 17.5 Å². The van der Waals surface area contributed by atoms with Gasteiger partial charge in [0.2, 0.25) is 5.91 Å². The lowest BCUT2D eigenvalue weighted by molar-refractivity contribution is -0.123. The van der Waals surface area contributed by atoms with Crippen LogP contribution in [0.5, 0.6) is 5.75 Å². The van der Waals surface area contributed by atoms with Gasteiger partial charge in [0, 0.05) is 44.8 Å². The Balaban J connectivity index is 1.39. The number of nitrogens with zero attached hydrogens (tertiary/aromatic N) is 2. The number of para-hydroxylation sites is 1. The number of piperazine rings is 1. The van der Waals surface area contributed by atoms with E-state index in [2.05, 4.69) is 51.5 Å². The molecule has 0 unspecified atom stereocenters. The third kappa shape index (κ3) is 6.42. The highest BCUT2D eigenvalue weighted by molar-refractivity contribution is 5.77. The molecule has 1 aliphatic rings. The number of methoxy groups -OCH3 is 1. The van der Waals surface area contributed by atoms with Crippen molar-refractivity contribution in [3.63, 3.8) is 0 Å². The third-order valence-electron chi connectivity index (χ3n) is 5.33. The van der Waals surface area contributed by atoms with E-state index < -0.39 is 0 Å². The van der Waals surface area contributed by atoms with Crippen molar-refractivity contribution in [3.8, 4) is 5.75 Å². The zero-order chi connectivity index (χ0) is 21.2. The Morgan fingerprint density at radius 3 is 2.43 bits per heavy atom. The molecule has 6 heteroatoms. The normalized spacial score (nSPS) is 15.0. The van der Waals surface area contributed by atoms with Crippen molar-refractivity contribution in [2.75, 3.05) is 39.8 Å². The molecule has 2 aromatic carbocycles. The second-order valence-electron chi connectivity index (χ2n) is 7.54. The highest BCUT2D eigenvalue weighted by Gasteiger charge is 2.19. The Morgan fingerprint density at radius 2 is 1.73 bits per heavy atom. The van der Waals surface area contributed by atoms with Crippen LogP contribution in [0.15, 0.2) is 61.2 Å². The number of allylic oxidation sites excluding steroid dienone is 1. The van der Waals surface area contributed by atoms with Crippen LogP contribution in [0.4, 0.5) is 0 Å². The molecule has 0 radical (unpaired) electrons. The van der Waals surface area contributed by atoms with E-state index >= 15 is 0 Å². The van der Waals surface area contributed by atoms with Crippen molar-refractivity contribution in [1.29, 1.82) is 0 Å². The Labute approximate surface area is 179 Å². The quantitative estimate of drug-likeness (QED) is 0.467. The van der Waals surface area contributed by atoms with Crippen molar-refractivity contribution in [2.24, 2.45) is 0 Å². The minimum atomic E-state index is -0.0206. The lowest BCUT2D eigenvalue weighted by Crippen LogP contribution is -2.50. The summed E-state index contributed by atoms with van der Waals surface area (Å²) in [4.78, 5) is 17.0. The molecule has 0 bridgehead atoms. The monoisotopic (exact) mass is 408 g/mol. The SMILES string of the molecule is C=CCc1cccc(CNNC(=O)CN2CCN(Cc3ccccc3)CC2)c1OC. The molecule has 0 aromatic heterocycles. The van der Waals surface area contributed by atoms with E-state index in [0.717, 1.165) is 56.0 Å². The van der Waals surface area contributed by atoms with E-state index in [-0.39, 0.29) is 5.91 Å². The molecule has 1 fully saturated rings. The molecule has 160 valence electrons. The Morgan fingerprint density at radius 1 is 1.03 bits per heavy atom. The number of carbonyl (C=O) groups excluding carboxylic acids is 1.